The molecule has 0 atom stereocenters. The predicted octanol–water partition coefficient (Wildman–Crippen LogP) is 4.53. The van der Waals surface area contributed by atoms with Crippen molar-refractivity contribution in [3.63, 3.8) is 0 Å². The average Bonchev–Trinajstić information content (AvgIpc) is 2.30. The first kappa shape index (κ1) is 17.4. The van der Waals surface area contributed by atoms with Gasteiger partial charge in [0.2, 0.25) is 0 Å². The Kier molecular flexibility index (Phi) is 9.28. The summed E-state index contributed by atoms with van der Waals surface area (Å²) in [6.45, 7) is 6.76. The van der Waals surface area contributed by atoms with Gasteiger partial charge in [-0.2, -0.15) is 0 Å². The minimum absolute atomic E-state index is 0.502. The molecule has 0 amide bonds. The zero-order valence-corrected chi connectivity index (χ0v) is 15.8. The van der Waals surface area contributed by atoms with Gasteiger partial charge in [-0.3, -0.25) is 0 Å². The zero-order valence-electron chi connectivity index (χ0n) is 13.4. The quantitative estimate of drug-likeness (QED) is 0.711. The number of rotatable bonds is 4. The summed E-state index contributed by atoms with van der Waals surface area (Å²) in [4.78, 5) is 0. The van der Waals surface area contributed by atoms with Crippen LogP contribution < -0.4 is 0 Å². The Morgan fingerprint density at radius 1 is 0.737 bits per heavy atom. The van der Waals surface area contributed by atoms with Crippen molar-refractivity contribution in [2.75, 3.05) is 0 Å². The summed E-state index contributed by atoms with van der Waals surface area (Å²) < 4.78 is 12.1. The van der Waals surface area contributed by atoms with E-state index in [4.69, 9.17) is 8.54 Å². The largest absolute Gasteiger partial charge is 0.441 e. The molecular formula is C15H34O2Si2. The summed E-state index contributed by atoms with van der Waals surface area (Å²) in [5, 5.41) is 0. The lowest BCUT2D eigenvalue weighted by Crippen LogP contribution is -2.30. The van der Waals surface area contributed by atoms with Crippen LogP contribution in [0.4, 0.5) is 0 Å². The maximum atomic E-state index is 6.11. The van der Waals surface area contributed by atoms with Gasteiger partial charge in [0.25, 0.3) is 10.0 Å². The fraction of sp³-hybridized carbons (Fsp3) is 1.00. The van der Waals surface area contributed by atoms with Gasteiger partial charge in [0.1, 0.15) is 0 Å². The normalized spacial score (nSPS) is 22.3. The van der Waals surface area contributed by atoms with Gasteiger partial charge in [-0.25, -0.2) is 0 Å². The van der Waals surface area contributed by atoms with Crippen molar-refractivity contribution in [2.24, 2.45) is 0 Å². The molecule has 1 fully saturated rings. The lowest BCUT2D eigenvalue weighted by Gasteiger charge is -2.22. The molecule has 4 heteroatoms. The molecule has 0 saturated heterocycles. The fourth-order valence-electron chi connectivity index (χ4n) is 2.60. The molecule has 2 nitrogen and oxygen atoms in total. The third-order valence-electron chi connectivity index (χ3n) is 3.85. The molecule has 0 aromatic rings. The van der Waals surface area contributed by atoms with Crippen LogP contribution in [0.15, 0.2) is 0 Å². The van der Waals surface area contributed by atoms with Crippen LogP contribution >= 0.6 is 0 Å². The molecule has 0 bridgehead atoms. The molecule has 0 aromatic carbocycles. The van der Waals surface area contributed by atoms with Gasteiger partial charge in [0.05, 0.1) is 0 Å². The molecule has 0 heterocycles. The summed E-state index contributed by atoms with van der Waals surface area (Å²) in [7, 11) is -2.10. The molecule has 1 aliphatic carbocycles. The SMILES string of the molecule is C[Si](C)(C)O[SiH2]OC1CCCCCCCCCCC1. The van der Waals surface area contributed by atoms with Crippen molar-refractivity contribution in [1.82, 2.24) is 0 Å². The average molecular weight is 303 g/mol. The van der Waals surface area contributed by atoms with Crippen LogP contribution in [-0.4, -0.2) is 24.4 Å². The van der Waals surface area contributed by atoms with E-state index in [1.807, 2.05) is 0 Å². The molecule has 114 valence electrons. The summed E-state index contributed by atoms with van der Waals surface area (Å²) in [6, 6.07) is 0. The van der Waals surface area contributed by atoms with E-state index in [0.29, 0.717) is 6.10 Å². The standard InChI is InChI=1S/C15H34O2Si2/c1-19(2,3)17-18-16-15-13-11-9-7-5-4-6-8-10-12-14-15/h15H,4-14,18H2,1-3H3. The Morgan fingerprint density at radius 3 is 1.58 bits per heavy atom. The van der Waals surface area contributed by atoms with Gasteiger partial charge in [-0.15, -0.1) is 0 Å². The van der Waals surface area contributed by atoms with E-state index in [-0.39, 0.29) is 0 Å². The van der Waals surface area contributed by atoms with Crippen LogP contribution in [0, 0.1) is 0 Å². The number of hydrogen-bond donors (Lipinski definition) is 0. The van der Waals surface area contributed by atoms with E-state index >= 15 is 0 Å². The molecule has 0 spiro atoms. The van der Waals surface area contributed by atoms with Crippen LogP contribution in [-0.2, 0) is 8.54 Å². The highest BCUT2D eigenvalue weighted by Gasteiger charge is 2.16. The van der Waals surface area contributed by atoms with E-state index in [1.165, 1.54) is 70.6 Å². The molecule has 1 saturated carbocycles. The number of hydrogen-bond acceptors (Lipinski definition) is 2. The molecule has 0 aromatic heterocycles. The third-order valence-corrected chi connectivity index (χ3v) is 8.39. The first-order chi connectivity index (χ1) is 9.08. The molecule has 0 radical (unpaired) electrons. The minimum atomic E-state index is -1.36. The predicted molar refractivity (Wildman–Crippen MR) is 88.6 cm³/mol. The maximum absolute atomic E-state index is 6.11. The second-order valence-corrected chi connectivity index (χ2v) is 12.9. The summed E-state index contributed by atoms with van der Waals surface area (Å²) in [6.07, 6.45) is 15.7. The van der Waals surface area contributed by atoms with Crippen molar-refractivity contribution < 1.29 is 8.54 Å². The van der Waals surface area contributed by atoms with Crippen LogP contribution in [0.1, 0.15) is 70.6 Å². The molecule has 0 N–H and O–H groups in total. The van der Waals surface area contributed by atoms with Crippen molar-refractivity contribution in [3.8, 4) is 0 Å². The highest BCUT2D eigenvalue weighted by Crippen LogP contribution is 2.18. The van der Waals surface area contributed by atoms with Crippen LogP contribution in [0.5, 0.6) is 0 Å². The summed E-state index contributed by atoms with van der Waals surface area (Å²) >= 11 is 0. The van der Waals surface area contributed by atoms with Crippen molar-refractivity contribution in [1.29, 1.82) is 0 Å². The van der Waals surface area contributed by atoms with Gasteiger partial charge in [-0.05, 0) is 32.5 Å². The Bertz CT molecular complexity index is 205. The van der Waals surface area contributed by atoms with Gasteiger partial charge >= 0.3 is 0 Å². The van der Waals surface area contributed by atoms with Gasteiger partial charge in [0.15, 0.2) is 8.32 Å². The highest BCUT2D eigenvalue weighted by atomic mass is 28.4. The molecule has 1 rings (SSSR count). The Morgan fingerprint density at radius 2 is 1.16 bits per heavy atom. The smallest absolute Gasteiger partial charge is 0.294 e. The lowest BCUT2D eigenvalue weighted by molar-refractivity contribution is 0.158. The lowest BCUT2D eigenvalue weighted by atomic mass is 10.00. The van der Waals surface area contributed by atoms with E-state index in [1.54, 1.807) is 0 Å². The second-order valence-electron chi connectivity index (χ2n) is 6.92. The summed E-state index contributed by atoms with van der Waals surface area (Å²) in [5.74, 6) is 0. The van der Waals surface area contributed by atoms with E-state index < -0.39 is 18.3 Å². The van der Waals surface area contributed by atoms with Crippen molar-refractivity contribution in [3.05, 3.63) is 0 Å². The minimum Gasteiger partial charge on any atom is -0.441 e. The Hall–Kier alpha value is 0.354. The van der Waals surface area contributed by atoms with Crippen LogP contribution in [0.2, 0.25) is 19.6 Å². The van der Waals surface area contributed by atoms with Crippen LogP contribution in [0.25, 0.3) is 0 Å². The first-order valence-corrected chi connectivity index (χ1v) is 12.9. The molecule has 19 heavy (non-hydrogen) atoms. The van der Waals surface area contributed by atoms with E-state index in [0.717, 1.165) is 0 Å². The third kappa shape index (κ3) is 10.8. The molecule has 1 aliphatic rings. The highest BCUT2D eigenvalue weighted by molar-refractivity contribution is 6.73. The zero-order chi connectivity index (χ0) is 14.0. The van der Waals surface area contributed by atoms with Gasteiger partial charge < -0.3 is 8.54 Å². The monoisotopic (exact) mass is 302 g/mol. The Balaban J connectivity index is 2.22. The summed E-state index contributed by atoms with van der Waals surface area (Å²) in [5.41, 5.74) is 0. The van der Waals surface area contributed by atoms with Crippen molar-refractivity contribution >= 4 is 18.3 Å². The van der Waals surface area contributed by atoms with E-state index in [2.05, 4.69) is 19.6 Å². The fourth-order valence-corrected chi connectivity index (χ4v) is 4.81. The maximum Gasteiger partial charge on any atom is 0.294 e. The van der Waals surface area contributed by atoms with Gasteiger partial charge in [0, 0.05) is 6.10 Å². The van der Waals surface area contributed by atoms with Crippen molar-refractivity contribution in [2.45, 2.75) is 96.4 Å². The van der Waals surface area contributed by atoms with E-state index in [9.17, 15) is 0 Å². The Labute approximate surface area is 123 Å². The molecule has 0 aliphatic heterocycles. The van der Waals surface area contributed by atoms with Crippen LogP contribution in [0.3, 0.4) is 0 Å². The molecule has 0 unspecified atom stereocenters. The first-order valence-electron chi connectivity index (χ1n) is 8.33. The second kappa shape index (κ2) is 10.1. The molecular weight excluding hydrogens is 268 g/mol. The van der Waals surface area contributed by atoms with Gasteiger partial charge in [-0.1, -0.05) is 57.8 Å². The topological polar surface area (TPSA) is 18.5 Å².